The molecular weight excluding hydrogens is 544 g/mol. The maximum atomic E-state index is 13.4. The first kappa shape index (κ1) is 29.8. The number of rotatable bonds is 10. The van der Waals surface area contributed by atoms with E-state index in [-0.39, 0.29) is 32.0 Å². The van der Waals surface area contributed by atoms with Crippen molar-refractivity contribution in [3.8, 4) is 0 Å². The van der Waals surface area contributed by atoms with Crippen LogP contribution in [0.3, 0.4) is 0 Å². The average Bonchev–Trinajstić information content (AvgIpc) is 3.46. The minimum absolute atomic E-state index is 0.0387. The average molecular weight is 585 g/mol. The van der Waals surface area contributed by atoms with Crippen molar-refractivity contribution in [2.24, 2.45) is 0 Å². The lowest BCUT2D eigenvalue weighted by Gasteiger charge is -2.39. The van der Waals surface area contributed by atoms with E-state index in [1.807, 2.05) is 88.4 Å². The molecule has 2 aromatic carbocycles. The maximum Gasteiger partial charge on any atom is 0.190 e. The lowest BCUT2D eigenvalue weighted by atomic mass is 9.99. The second-order valence-corrected chi connectivity index (χ2v) is 12.0. The van der Waals surface area contributed by atoms with Crippen LogP contribution in [0.2, 0.25) is 0 Å². The van der Waals surface area contributed by atoms with Gasteiger partial charge in [-0.2, -0.15) is 0 Å². The molecule has 4 saturated heterocycles. The van der Waals surface area contributed by atoms with Crippen LogP contribution in [-0.4, -0.2) is 79.8 Å². The third-order valence-electron chi connectivity index (χ3n) is 7.71. The number of ketones is 1. The van der Waals surface area contributed by atoms with E-state index in [0.717, 1.165) is 11.1 Å². The van der Waals surface area contributed by atoms with Gasteiger partial charge in [0.25, 0.3) is 0 Å². The zero-order chi connectivity index (χ0) is 29.3. The molecule has 10 heteroatoms. The molecule has 4 heterocycles. The fourth-order valence-electron chi connectivity index (χ4n) is 5.88. The minimum Gasteiger partial charge on any atom is -0.374 e. The third-order valence-corrected chi connectivity index (χ3v) is 7.71. The van der Waals surface area contributed by atoms with Crippen molar-refractivity contribution < 1.29 is 47.4 Å². The van der Waals surface area contributed by atoms with E-state index in [4.69, 9.17) is 42.6 Å². The monoisotopic (exact) mass is 584 g/mol. The lowest BCUT2D eigenvalue weighted by molar-refractivity contribution is -0.271. The quantitative estimate of drug-likeness (QED) is 0.409. The maximum absolute atomic E-state index is 13.4. The molecule has 0 bridgehead atoms. The highest BCUT2D eigenvalue weighted by molar-refractivity contribution is 5.84. The van der Waals surface area contributed by atoms with E-state index in [1.54, 1.807) is 0 Å². The van der Waals surface area contributed by atoms with Crippen molar-refractivity contribution in [2.75, 3.05) is 13.2 Å². The Kier molecular flexibility index (Phi) is 8.80. The molecular formula is C32H40O10. The van der Waals surface area contributed by atoms with Crippen LogP contribution in [0.5, 0.6) is 0 Å². The molecule has 0 amide bonds. The number of hydrogen-bond acceptors (Lipinski definition) is 10. The van der Waals surface area contributed by atoms with E-state index in [1.165, 1.54) is 0 Å². The van der Waals surface area contributed by atoms with Crippen molar-refractivity contribution in [3.63, 3.8) is 0 Å². The first-order valence-corrected chi connectivity index (χ1v) is 14.6. The smallest absolute Gasteiger partial charge is 0.190 e. The SMILES string of the molecule is CC1(C)O[C@@H]2[C@H](O1)[C@H]1OC(C)(C)OC1O[C@@H]2CO[C@@H]1CC(=O)[C@H](OCc2ccccc2)[C@@H](COCc2ccccc2)O1. The van der Waals surface area contributed by atoms with Gasteiger partial charge in [0.05, 0.1) is 32.8 Å². The number of carbonyl (C=O) groups excluding carboxylic acids is 1. The Hall–Kier alpha value is -2.25. The Morgan fingerprint density at radius 1 is 0.690 bits per heavy atom. The summed E-state index contributed by atoms with van der Waals surface area (Å²) in [6.45, 7) is 8.35. The summed E-state index contributed by atoms with van der Waals surface area (Å²) in [4.78, 5) is 13.4. The van der Waals surface area contributed by atoms with Crippen LogP contribution in [0.15, 0.2) is 60.7 Å². The highest BCUT2D eigenvalue weighted by atomic mass is 16.9. The molecule has 4 fully saturated rings. The van der Waals surface area contributed by atoms with Gasteiger partial charge in [0.15, 0.2) is 29.9 Å². The van der Waals surface area contributed by atoms with Gasteiger partial charge >= 0.3 is 0 Å². The van der Waals surface area contributed by atoms with E-state index < -0.39 is 60.8 Å². The van der Waals surface area contributed by atoms with Gasteiger partial charge in [-0.1, -0.05) is 60.7 Å². The Morgan fingerprint density at radius 3 is 2.02 bits per heavy atom. The second kappa shape index (κ2) is 12.4. The predicted molar refractivity (Wildman–Crippen MR) is 148 cm³/mol. The van der Waals surface area contributed by atoms with Crippen molar-refractivity contribution in [3.05, 3.63) is 71.8 Å². The molecule has 0 aromatic heterocycles. The highest BCUT2D eigenvalue weighted by Crippen LogP contribution is 2.44. The Bertz CT molecular complexity index is 1190. The summed E-state index contributed by atoms with van der Waals surface area (Å²) < 4.78 is 55.2. The fourth-order valence-corrected chi connectivity index (χ4v) is 5.88. The van der Waals surface area contributed by atoms with Gasteiger partial charge in [0.2, 0.25) is 0 Å². The Morgan fingerprint density at radius 2 is 1.31 bits per heavy atom. The first-order chi connectivity index (χ1) is 20.2. The van der Waals surface area contributed by atoms with Crippen LogP contribution in [0, 0.1) is 0 Å². The molecule has 2 aromatic rings. The molecule has 4 aliphatic heterocycles. The van der Waals surface area contributed by atoms with Gasteiger partial charge in [-0.25, -0.2) is 0 Å². The number of hydrogen-bond donors (Lipinski definition) is 0. The van der Waals surface area contributed by atoms with Crippen molar-refractivity contribution >= 4 is 5.78 Å². The van der Waals surface area contributed by atoms with E-state index >= 15 is 0 Å². The standard InChI is InChI=1S/C32H40O10/c1-31(2)39-27-24(38-30-29(28(27)40-31)41-32(3,4)42-30)19-35-25-15-22(33)26(36-17-21-13-9-6-10-14-21)23(37-25)18-34-16-20-11-7-5-8-12-20/h5-14,23-30H,15-19H2,1-4H3/t23-,24-,25+,26+,27+,28+,29-,30?/m1/s1. The van der Waals surface area contributed by atoms with E-state index in [9.17, 15) is 4.79 Å². The largest absolute Gasteiger partial charge is 0.374 e. The van der Waals surface area contributed by atoms with Crippen molar-refractivity contribution in [2.45, 2.75) is 108 Å². The summed E-state index contributed by atoms with van der Waals surface area (Å²) in [5.41, 5.74) is 2.00. The Balaban J connectivity index is 1.10. The van der Waals surface area contributed by atoms with Crippen LogP contribution in [0.4, 0.5) is 0 Å². The number of fused-ring (bicyclic) bond motifs is 3. The summed E-state index contributed by atoms with van der Waals surface area (Å²) in [7, 11) is 0. The topological polar surface area (TPSA) is 100 Å². The van der Waals surface area contributed by atoms with Gasteiger partial charge in [-0.05, 0) is 38.8 Å². The molecule has 0 aliphatic carbocycles. The molecule has 0 spiro atoms. The summed E-state index contributed by atoms with van der Waals surface area (Å²) >= 11 is 0. The molecule has 10 nitrogen and oxygen atoms in total. The summed E-state index contributed by atoms with van der Waals surface area (Å²) in [6, 6.07) is 19.6. The summed E-state index contributed by atoms with van der Waals surface area (Å²) in [5, 5.41) is 0. The fraction of sp³-hybridized carbons (Fsp3) is 0.594. The van der Waals surface area contributed by atoms with Gasteiger partial charge in [0.1, 0.15) is 36.6 Å². The van der Waals surface area contributed by atoms with E-state index in [0.29, 0.717) is 6.61 Å². The normalized spacial score (nSPS) is 35.1. The summed E-state index contributed by atoms with van der Waals surface area (Å²) in [6.07, 6.45) is -4.60. The van der Waals surface area contributed by atoms with Crippen LogP contribution < -0.4 is 0 Å². The molecule has 0 saturated carbocycles. The van der Waals surface area contributed by atoms with Crippen molar-refractivity contribution in [1.29, 1.82) is 0 Å². The van der Waals surface area contributed by atoms with Crippen LogP contribution in [0.25, 0.3) is 0 Å². The van der Waals surface area contributed by atoms with Gasteiger partial charge in [0, 0.05) is 0 Å². The molecule has 0 radical (unpaired) electrons. The van der Waals surface area contributed by atoms with Crippen LogP contribution in [0.1, 0.15) is 45.2 Å². The van der Waals surface area contributed by atoms with Crippen LogP contribution in [-0.2, 0) is 60.6 Å². The molecule has 0 N–H and O–H groups in total. The van der Waals surface area contributed by atoms with E-state index in [2.05, 4.69) is 0 Å². The zero-order valence-electron chi connectivity index (χ0n) is 24.5. The van der Waals surface area contributed by atoms with Gasteiger partial charge in [-0.3, -0.25) is 4.79 Å². The molecule has 1 unspecified atom stereocenters. The minimum atomic E-state index is -0.816. The molecule has 228 valence electrons. The molecule has 8 atom stereocenters. The van der Waals surface area contributed by atoms with Gasteiger partial charge < -0.3 is 42.6 Å². The summed E-state index contributed by atoms with van der Waals surface area (Å²) in [5.74, 6) is -1.73. The number of Topliss-reactive ketones (excluding diaryl/α,β-unsaturated/α-hetero) is 1. The van der Waals surface area contributed by atoms with Crippen molar-refractivity contribution in [1.82, 2.24) is 0 Å². The first-order valence-electron chi connectivity index (χ1n) is 14.6. The molecule has 4 aliphatic rings. The second-order valence-electron chi connectivity index (χ2n) is 12.0. The number of carbonyl (C=O) groups is 1. The highest BCUT2D eigenvalue weighted by Gasteiger charge is 2.60. The Labute approximate surface area is 246 Å². The van der Waals surface area contributed by atoms with Crippen LogP contribution >= 0.6 is 0 Å². The zero-order valence-corrected chi connectivity index (χ0v) is 24.5. The lowest BCUT2D eigenvalue weighted by Crippen LogP contribution is -2.57. The number of ether oxygens (including phenoxy) is 9. The number of benzene rings is 2. The predicted octanol–water partition coefficient (Wildman–Crippen LogP) is 3.89. The third kappa shape index (κ3) is 6.93. The van der Waals surface area contributed by atoms with Gasteiger partial charge in [-0.15, -0.1) is 0 Å². The molecule has 42 heavy (non-hydrogen) atoms. The molecule has 6 rings (SSSR count).